The Bertz CT molecular complexity index is 509. The fraction of sp³-hybridized carbons (Fsp3) is 0.417. The van der Waals surface area contributed by atoms with Gasteiger partial charge in [0.25, 0.3) is 0 Å². The summed E-state index contributed by atoms with van der Waals surface area (Å²) in [5, 5.41) is 4.17. The number of nitrogens with zero attached hydrogens (tertiary/aromatic N) is 4. The van der Waals surface area contributed by atoms with Gasteiger partial charge in [-0.1, -0.05) is 13.8 Å². The number of hydrogen-bond acceptors (Lipinski definition) is 5. The van der Waals surface area contributed by atoms with Crippen LogP contribution in [0.2, 0.25) is 0 Å². The summed E-state index contributed by atoms with van der Waals surface area (Å²) in [7, 11) is 0. The molecule has 0 spiro atoms. The zero-order valence-electron chi connectivity index (χ0n) is 10.6. The summed E-state index contributed by atoms with van der Waals surface area (Å²) in [4.78, 5) is 8.14. The molecule has 6 nitrogen and oxygen atoms in total. The second-order valence-electron chi connectivity index (χ2n) is 4.43. The Labute approximate surface area is 106 Å². The van der Waals surface area contributed by atoms with Gasteiger partial charge in [-0.25, -0.2) is 14.6 Å². The number of aromatic nitrogens is 4. The van der Waals surface area contributed by atoms with E-state index in [-0.39, 0.29) is 0 Å². The summed E-state index contributed by atoms with van der Waals surface area (Å²) >= 11 is 0. The first-order valence-corrected chi connectivity index (χ1v) is 5.86. The minimum Gasteiger partial charge on any atom is -0.482 e. The minimum atomic E-state index is 0.336. The van der Waals surface area contributed by atoms with Crippen LogP contribution >= 0.6 is 0 Å². The van der Waals surface area contributed by atoms with Crippen LogP contribution in [0, 0.1) is 5.92 Å². The van der Waals surface area contributed by atoms with Crippen LogP contribution in [0.5, 0.6) is 5.75 Å². The SMILES string of the molecule is CC(C)Cn1ncnc1COc1cccnc1N. The van der Waals surface area contributed by atoms with Crippen molar-refractivity contribution < 1.29 is 4.74 Å². The number of nitrogens with two attached hydrogens (primary N) is 1. The summed E-state index contributed by atoms with van der Waals surface area (Å²) < 4.78 is 7.44. The van der Waals surface area contributed by atoms with Crippen LogP contribution in [-0.4, -0.2) is 19.7 Å². The van der Waals surface area contributed by atoms with Gasteiger partial charge in [0.05, 0.1) is 0 Å². The minimum absolute atomic E-state index is 0.336. The average Bonchev–Trinajstić information content (AvgIpc) is 2.75. The lowest BCUT2D eigenvalue weighted by Crippen LogP contribution is -2.12. The van der Waals surface area contributed by atoms with E-state index in [1.165, 1.54) is 6.33 Å². The highest BCUT2D eigenvalue weighted by molar-refractivity contribution is 5.44. The number of nitrogen functional groups attached to an aromatic ring is 1. The van der Waals surface area contributed by atoms with Crippen LogP contribution in [0.25, 0.3) is 0 Å². The van der Waals surface area contributed by atoms with Gasteiger partial charge in [-0.15, -0.1) is 0 Å². The number of ether oxygens (including phenoxy) is 1. The molecule has 0 amide bonds. The third-order valence-corrected chi connectivity index (χ3v) is 2.39. The molecule has 0 unspecified atom stereocenters. The summed E-state index contributed by atoms with van der Waals surface area (Å²) in [5.74, 6) is 2.24. The summed E-state index contributed by atoms with van der Waals surface area (Å²) in [6, 6.07) is 3.57. The molecule has 0 radical (unpaired) electrons. The summed E-state index contributed by atoms with van der Waals surface area (Å²) in [5.41, 5.74) is 5.70. The van der Waals surface area contributed by atoms with Crippen molar-refractivity contribution in [1.82, 2.24) is 19.7 Å². The molecule has 0 aliphatic heterocycles. The fourth-order valence-electron chi connectivity index (χ4n) is 1.57. The van der Waals surface area contributed by atoms with Crippen molar-refractivity contribution in [2.24, 2.45) is 5.92 Å². The Hall–Kier alpha value is -2.11. The van der Waals surface area contributed by atoms with E-state index in [9.17, 15) is 0 Å². The van der Waals surface area contributed by atoms with Gasteiger partial charge in [0.1, 0.15) is 12.9 Å². The van der Waals surface area contributed by atoms with Gasteiger partial charge in [0, 0.05) is 12.7 Å². The zero-order valence-corrected chi connectivity index (χ0v) is 10.6. The molecule has 2 heterocycles. The normalized spacial score (nSPS) is 10.8. The average molecular weight is 247 g/mol. The third-order valence-electron chi connectivity index (χ3n) is 2.39. The lowest BCUT2D eigenvalue weighted by molar-refractivity contribution is 0.283. The molecule has 2 N–H and O–H groups in total. The second kappa shape index (κ2) is 5.48. The van der Waals surface area contributed by atoms with E-state index in [4.69, 9.17) is 10.5 Å². The molecule has 0 bridgehead atoms. The van der Waals surface area contributed by atoms with Crippen molar-refractivity contribution in [1.29, 1.82) is 0 Å². The predicted octanol–water partition coefficient (Wildman–Crippen LogP) is 1.49. The molecule has 0 saturated carbocycles. The standard InChI is InChI=1S/C12H17N5O/c1-9(2)6-17-11(15-8-16-17)7-18-10-4-3-5-14-12(10)13/h3-5,8-9H,6-7H2,1-2H3,(H2,13,14). The maximum Gasteiger partial charge on any atom is 0.166 e. The van der Waals surface area contributed by atoms with Crippen LogP contribution < -0.4 is 10.5 Å². The Balaban J connectivity index is 2.02. The number of pyridine rings is 1. The van der Waals surface area contributed by atoms with E-state index < -0.39 is 0 Å². The van der Waals surface area contributed by atoms with Crippen molar-refractivity contribution in [3.8, 4) is 5.75 Å². The van der Waals surface area contributed by atoms with Gasteiger partial charge in [-0.05, 0) is 18.1 Å². The quantitative estimate of drug-likeness (QED) is 0.866. The van der Waals surface area contributed by atoms with Crippen molar-refractivity contribution in [3.63, 3.8) is 0 Å². The highest BCUT2D eigenvalue weighted by atomic mass is 16.5. The summed E-state index contributed by atoms with van der Waals surface area (Å²) in [6.45, 7) is 5.42. The molecule has 0 saturated heterocycles. The van der Waals surface area contributed by atoms with E-state index in [1.54, 1.807) is 18.3 Å². The Morgan fingerprint density at radius 1 is 1.39 bits per heavy atom. The van der Waals surface area contributed by atoms with Crippen molar-refractivity contribution in [2.75, 3.05) is 5.73 Å². The Morgan fingerprint density at radius 2 is 2.22 bits per heavy atom. The van der Waals surface area contributed by atoms with Gasteiger partial charge in [0.2, 0.25) is 0 Å². The molecule has 96 valence electrons. The first kappa shape index (κ1) is 12.3. The largest absolute Gasteiger partial charge is 0.482 e. The van der Waals surface area contributed by atoms with Gasteiger partial charge in [-0.3, -0.25) is 0 Å². The van der Waals surface area contributed by atoms with E-state index >= 15 is 0 Å². The second-order valence-corrected chi connectivity index (χ2v) is 4.43. The first-order chi connectivity index (χ1) is 8.66. The maximum atomic E-state index is 5.70. The highest BCUT2D eigenvalue weighted by Crippen LogP contribution is 2.18. The molecule has 6 heteroatoms. The van der Waals surface area contributed by atoms with Gasteiger partial charge < -0.3 is 10.5 Å². The smallest absolute Gasteiger partial charge is 0.166 e. The van der Waals surface area contributed by atoms with E-state index in [1.807, 2.05) is 4.68 Å². The Morgan fingerprint density at radius 3 is 2.94 bits per heavy atom. The molecular weight excluding hydrogens is 230 g/mol. The number of rotatable bonds is 5. The van der Waals surface area contributed by atoms with Crippen LogP contribution in [0.15, 0.2) is 24.7 Å². The molecule has 0 aliphatic carbocycles. The number of anilines is 1. The fourth-order valence-corrected chi connectivity index (χ4v) is 1.57. The van der Waals surface area contributed by atoms with Crippen LogP contribution in [0.1, 0.15) is 19.7 Å². The number of hydrogen-bond donors (Lipinski definition) is 1. The molecular formula is C12H17N5O. The van der Waals surface area contributed by atoms with Crippen molar-refractivity contribution >= 4 is 5.82 Å². The Kier molecular flexibility index (Phi) is 3.76. The molecule has 0 aliphatic rings. The van der Waals surface area contributed by atoms with E-state index in [0.29, 0.717) is 24.1 Å². The monoisotopic (exact) mass is 247 g/mol. The van der Waals surface area contributed by atoms with E-state index in [2.05, 4.69) is 28.9 Å². The van der Waals surface area contributed by atoms with Gasteiger partial charge in [0.15, 0.2) is 17.4 Å². The molecule has 2 aromatic rings. The molecule has 0 fully saturated rings. The van der Waals surface area contributed by atoms with Crippen LogP contribution in [0.4, 0.5) is 5.82 Å². The van der Waals surface area contributed by atoms with Gasteiger partial charge >= 0.3 is 0 Å². The van der Waals surface area contributed by atoms with E-state index in [0.717, 1.165) is 12.4 Å². The highest BCUT2D eigenvalue weighted by Gasteiger charge is 2.08. The molecule has 2 aromatic heterocycles. The van der Waals surface area contributed by atoms with Gasteiger partial charge in [-0.2, -0.15) is 5.10 Å². The molecule has 0 atom stereocenters. The lowest BCUT2D eigenvalue weighted by atomic mass is 10.2. The van der Waals surface area contributed by atoms with Crippen LogP contribution in [0.3, 0.4) is 0 Å². The van der Waals surface area contributed by atoms with Crippen molar-refractivity contribution in [3.05, 3.63) is 30.5 Å². The molecule has 18 heavy (non-hydrogen) atoms. The molecule has 0 aromatic carbocycles. The first-order valence-electron chi connectivity index (χ1n) is 5.86. The van der Waals surface area contributed by atoms with Crippen LogP contribution in [-0.2, 0) is 13.2 Å². The lowest BCUT2D eigenvalue weighted by Gasteiger charge is -2.10. The topological polar surface area (TPSA) is 78.8 Å². The third kappa shape index (κ3) is 2.97. The predicted molar refractivity (Wildman–Crippen MR) is 67.8 cm³/mol. The maximum absolute atomic E-state index is 5.70. The summed E-state index contributed by atoms with van der Waals surface area (Å²) in [6.07, 6.45) is 3.16. The molecule has 2 rings (SSSR count). The zero-order chi connectivity index (χ0) is 13.0. The van der Waals surface area contributed by atoms with Crippen molar-refractivity contribution in [2.45, 2.75) is 27.0 Å².